The molecule has 8 aliphatic rings. The van der Waals surface area contributed by atoms with Gasteiger partial charge >= 0.3 is 30.2 Å². The van der Waals surface area contributed by atoms with E-state index in [0.29, 0.717) is 102 Å². The molecule has 26 heteroatoms. The maximum Gasteiger partial charge on any atom is 0.410 e. The minimum absolute atomic E-state index is 0. The maximum absolute atomic E-state index is 13.5. The molecule has 0 aliphatic carbocycles. The van der Waals surface area contributed by atoms with E-state index in [9.17, 15) is 51.8 Å². The molecule has 9 aromatic rings. The lowest BCUT2D eigenvalue weighted by Gasteiger charge is -2.33. The number of fused-ring (bicyclic) bond motifs is 11. The molecule has 11 heterocycles. The largest absolute Gasteiger partial charge is 0.480 e. The highest BCUT2D eigenvalue weighted by atomic mass is 35.5. The molecule has 0 bridgehead atoms. The van der Waals surface area contributed by atoms with E-state index in [4.69, 9.17) is 15.2 Å². The summed E-state index contributed by atoms with van der Waals surface area (Å²) >= 11 is 0. The lowest BCUT2D eigenvalue weighted by molar-refractivity contribution is -0.139. The summed E-state index contributed by atoms with van der Waals surface area (Å²) in [5, 5.41) is 19.1. The summed E-state index contributed by atoms with van der Waals surface area (Å²) in [5.41, 5.74) is 17.4. The Morgan fingerprint density at radius 1 is 0.479 bits per heavy atom. The number of likely N-dealkylation sites (tertiary alicyclic amines) is 2. The van der Waals surface area contributed by atoms with Gasteiger partial charge in [-0.1, -0.05) is 98.4 Å². The number of piperidine rings is 3. The third-order valence-electron chi connectivity index (χ3n) is 23.9. The van der Waals surface area contributed by atoms with E-state index in [-0.39, 0.29) is 73.3 Å². The highest BCUT2D eigenvalue weighted by Gasteiger charge is 2.50. The van der Waals surface area contributed by atoms with Crippen LogP contribution in [0.1, 0.15) is 157 Å². The fourth-order valence-corrected chi connectivity index (χ4v) is 17.8. The van der Waals surface area contributed by atoms with Crippen LogP contribution in [0.25, 0.3) is 32.7 Å². The van der Waals surface area contributed by atoms with E-state index in [1.54, 1.807) is 56.0 Å². The Morgan fingerprint density at radius 2 is 0.821 bits per heavy atom. The van der Waals surface area contributed by atoms with E-state index in [0.717, 1.165) is 174 Å². The zero-order chi connectivity index (χ0) is 81.0. The second kappa shape index (κ2) is 37.2. The molecular weight excluding hydrogens is 1510 g/mol. The number of carbonyl (C=O) groups is 7. The van der Waals surface area contributed by atoms with Crippen LogP contribution >= 0.6 is 12.4 Å². The zero-order valence-electron chi connectivity index (χ0n) is 67.2. The zero-order valence-corrected chi connectivity index (χ0v) is 68.0. The second-order valence-electron chi connectivity index (χ2n) is 33.9. The number of hydrogen-bond acceptors (Lipinski definition) is 12. The van der Waals surface area contributed by atoms with Crippen molar-refractivity contribution in [2.24, 2.45) is 23.5 Å². The number of carboxylic acid groups (broad SMARTS) is 1. The monoisotopic (exact) mass is 1620 g/mol. The maximum atomic E-state index is 13.5. The lowest BCUT2D eigenvalue weighted by Crippen LogP contribution is -2.42. The first kappa shape index (κ1) is 86.1. The summed E-state index contributed by atoms with van der Waals surface area (Å²) < 4.78 is 57.6. The first-order valence-electron chi connectivity index (χ1n) is 40.8. The Bertz CT molecular complexity index is 5030. The number of carbonyl (C=O) groups excluding carboxylic acids is 6. The van der Waals surface area contributed by atoms with E-state index < -0.39 is 35.3 Å². The highest BCUT2D eigenvalue weighted by molar-refractivity contribution is 6.06. The number of rotatable bonds is 15. The molecule has 624 valence electrons. The molecule has 0 spiro atoms. The Hall–Kier alpha value is -10.2. The number of aliphatic carboxylic acids is 1. The molecule has 0 saturated carbocycles. The van der Waals surface area contributed by atoms with Gasteiger partial charge in [0.25, 0.3) is 11.8 Å². The van der Waals surface area contributed by atoms with Crippen LogP contribution < -0.4 is 16.4 Å². The first-order chi connectivity index (χ1) is 55.2. The number of benzene rings is 6. The standard InChI is InChI=1S/C32H37FN4O4.C27H29FN4O2.C19H17FN2O2.C12H24N2O2.CH4.ClH/c1-32(2,3)41-31(40)34-15-12-21(13-16-34)14-17-35-29(38)27-18-25-24-6-4-5-7-26(24)36(28(25)20-37(27)30(35)39)19-22-8-10-23(33)11-9-22;28-20-7-5-19(6-8-20)16-31-23-4-2-1-3-21(23)22-15-24-26(33)30(27(34)32(24)17-25(22)31)14-11-18-9-12-29-13-10-18;20-13-7-5-12(6-8-13)11-22-17-4-2-1-3-14(17)15-9-16(19(23)24)21-10-18(15)22;1-12(2,3)16-11(15)14-8-5-10(4-7-13)6-9-14;;/h4-11,21,27H,12-20H2,1-3H3;1-8,18,24,29H,9-17H2;1-8,16,21H,9-11H2,(H,23,24);10H,4-9,13H2,1-3H3;1H4;1H/t;;16-;;;/m..0.../s1. The van der Waals surface area contributed by atoms with Gasteiger partial charge in [-0.15, -0.1) is 12.4 Å². The first-order valence-corrected chi connectivity index (χ1v) is 40.8. The number of nitrogens with two attached hydrogens (primary N) is 1. The Kier molecular flexibility index (Phi) is 27.4. The number of nitrogens with zero attached hydrogens (tertiary/aromatic N) is 9. The van der Waals surface area contributed by atoms with Crippen molar-refractivity contribution in [2.75, 3.05) is 58.9 Å². The summed E-state index contributed by atoms with van der Waals surface area (Å²) in [4.78, 5) is 99.1. The van der Waals surface area contributed by atoms with Crippen molar-refractivity contribution < 1.29 is 61.3 Å². The van der Waals surface area contributed by atoms with Crippen LogP contribution in [-0.2, 0) is 82.4 Å². The Labute approximate surface area is 689 Å². The minimum atomic E-state index is -0.823. The van der Waals surface area contributed by atoms with Crippen LogP contribution in [0.4, 0.5) is 32.3 Å². The quantitative estimate of drug-likeness (QED) is 0.0699. The molecule has 5 N–H and O–H groups in total. The molecular formula is C91H112ClF3N12O10. The molecule has 17 rings (SSSR count). The Morgan fingerprint density at radius 3 is 1.18 bits per heavy atom. The molecule has 3 atom stereocenters. The van der Waals surface area contributed by atoms with Crippen LogP contribution in [0.2, 0.25) is 0 Å². The lowest BCUT2D eigenvalue weighted by atomic mass is 9.93. The van der Waals surface area contributed by atoms with E-state index in [1.807, 2.05) is 90.1 Å². The predicted octanol–water partition coefficient (Wildman–Crippen LogP) is 15.4. The smallest absolute Gasteiger partial charge is 0.410 e. The van der Waals surface area contributed by atoms with Gasteiger partial charge in [0.1, 0.15) is 46.8 Å². The fraction of sp³-hybridized carbons (Fsp3) is 0.462. The van der Waals surface area contributed by atoms with Crippen molar-refractivity contribution in [1.82, 2.24) is 53.7 Å². The fourth-order valence-electron chi connectivity index (χ4n) is 17.8. The van der Waals surface area contributed by atoms with Crippen LogP contribution in [0.3, 0.4) is 0 Å². The highest BCUT2D eigenvalue weighted by Crippen LogP contribution is 2.41. The van der Waals surface area contributed by atoms with Crippen molar-refractivity contribution in [3.63, 3.8) is 0 Å². The number of ether oxygens (including phenoxy) is 2. The van der Waals surface area contributed by atoms with Crippen LogP contribution in [0, 0.1) is 35.2 Å². The summed E-state index contributed by atoms with van der Waals surface area (Å²) in [6.07, 6.45) is 9.69. The van der Waals surface area contributed by atoms with Gasteiger partial charge in [-0.2, -0.15) is 0 Å². The van der Waals surface area contributed by atoms with Crippen LogP contribution in [0.15, 0.2) is 146 Å². The van der Waals surface area contributed by atoms with Crippen molar-refractivity contribution >= 4 is 87.1 Å². The average Bonchev–Trinajstić information content (AvgIpc) is 1.58. The third kappa shape index (κ3) is 19.7. The van der Waals surface area contributed by atoms with E-state index in [2.05, 4.69) is 48.6 Å². The molecule has 8 aliphatic heterocycles. The van der Waals surface area contributed by atoms with Crippen molar-refractivity contribution in [3.05, 3.63) is 214 Å². The molecule has 2 unspecified atom stereocenters. The summed E-state index contributed by atoms with van der Waals surface area (Å²) in [7, 11) is 0. The molecule has 8 amide bonds. The number of para-hydroxylation sites is 3. The van der Waals surface area contributed by atoms with Crippen LogP contribution in [-0.4, -0.2) is 178 Å². The average molecular weight is 1630 g/mol. The molecule has 5 fully saturated rings. The SMILES string of the molecule is C.CC(C)(C)OC(=O)N1CCC(CCN)CC1.CC(C)(C)OC(=O)N1CCC(CCN2C(=O)C3Cc4c(n(Cc5ccc(F)cc5)c5ccccc45)CN3C2=O)CC1.Cl.O=C(O)[C@@H]1Cc2c(n(Cc3ccc(F)cc3)c3ccccc23)CN1.O=C1C2Cc3c(n(Cc4ccc(F)cc4)c4ccccc34)CN2C(=O)N1CCC1CCNCC1. The number of aromatic nitrogens is 3. The number of nitrogens with one attached hydrogen (secondary N) is 2. The van der Waals surface area contributed by atoms with Gasteiger partial charge in [0.15, 0.2) is 0 Å². The van der Waals surface area contributed by atoms with Gasteiger partial charge in [0.05, 0.1) is 13.1 Å². The minimum Gasteiger partial charge on any atom is -0.480 e. The molecule has 3 aromatic heterocycles. The molecule has 117 heavy (non-hydrogen) atoms. The number of carboxylic acids is 1. The third-order valence-corrected chi connectivity index (χ3v) is 23.9. The Balaban J connectivity index is 0.000000150. The van der Waals surface area contributed by atoms with Gasteiger partial charge in [-0.05, 0) is 225 Å². The predicted molar refractivity (Wildman–Crippen MR) is 448 cm³/mol. The second-order valence-corrected chi connectivity index (χ2v) is 33.9. The molecule has 0 radical (unpaired) electrons. The summed E-state index contributed by atoms with van der Waals surface area (Å²) in [5.74, 6) is -0.178. The number of halogens is 4. The van der Waals surface area contributed by atoms with Crippen molar-refractivity contribution in [3.8, 4) is 0 Å². The summed E-state index contributed by atoms with van der Waals surface area (Å²) in [6.45, 7) is 20.9. The van der Waals surface area contributed by atoms with E-state index >= 15 is 0 Å². The number of urea groups is 2. The van der Waals surface area contributed by atoms with Crippen molar-refractivity contribution in [1.29, 1.82) is 0 Å². The van der Waals surface area contributed by atoms with E-state index in [1.165, 1.54) is 46.2 Å². The number of amides is 8. The van der Waals surface area contributed by atoms with Gasteiger partial charge in [-0.25, -0.2) is 32.3 Å². The normalized spacial score (nSPS) is 18.9. The van der Waals surface area contributed by atoms with Gasteiger partial charge in [0.2, 0.25) is 0 Å². The van der Waals surface area contributed by atoms with Crippen molar-refractivity contribution in [2.45, 2.75) is 195 Å². The summed E-state index contributed by atoms with van der Waals surface area (Å²) in [6, 6.07) is 42.1. The molecule has 6 aromatic carbocycles. The van der Waals surface area contributed by atoms with Crippen LogP contribution in [0.5, 0.6) is 0 Å². The topological polar surface area (TPSA) is 242 Å². The molecule has 22 nitrogen and oxygen atoms in total. The molecule has 5 saturated heterocycles. The number of imide groups is 2. The van der Waals surface area contributed by atoms with Gasteiger partial charge < -0.3 is 58.9 Å². The number of hydrogen-bond donors (Lipinski definition) is 4. The van der Waals surface area contributed by atoms with Gasteiger partial charge in [-0.3, -0.25) is 29.5 Å². The van der Waals surface area contributed by atoms with Gasteiger partial charge in [0, 0.05) is 135 Å².